The van der Waals surface area contributed by atoms with Gasteiger partial charge in [-0.05, 0) is 37.1 Å². The van der Waals surface area contributed by atoms with E-state index in [4.69, 9.17) is 0 Å². The Hall–Kier alpha value is -0.550. The third-order valence-corrected chi connectivity index (χ3v) is 6.01. The molecule has 0 amide bonds. The largest absolute Gasteiger partial charge is 0.370 e. The maximum absolute atomic E-state index is 11.4. The molecule has 0 N–H and O–H groups in total. The van der Waals surface area contributed by atoms with Crippen LogP contribution in [-0.2, 0) is 9.84 Å². The normalized spacial score (nSPS) is 24.2. The lowest BCUT2D eigenvalue weighted by Gasteiger charge is -2.36. The number of sulfone groups is 1. The molecule has 5 heteroatoms. The molecule has 0 saturated heterocycles. The third-order valence-electron chi connectivity index (χ3n) is 3.82. The van der Waals surface area contributed by atoms with Crippen molar-refractivity contribution < 1.29 is 8.42 Å². The van der Waals surface area contributed by atoms with Crippen LogP contribution in [0.25, 0.3) is 0 Å². The highest BCUT2D eigenvalue weighted by Crippen LogP contribution is 2.31. The lowest BCUT2D eigenvalue weighted by molar-refractivity contribution is 0.444. The number of benzene rings is 1. The molecule has 0 heterocycles. The standard InChI is InChI=1S/C14H20BrNO2S/c1-16(14-6-4-3-5-13(14)15)11-7-9-12(10-8-11)19(2,17)18/h7-10,13-14H,3-6H2,1-2H3. The molecule has 1 fully saturated rings. The van der Waals surface area contributed by atoms with Crippen LogP contribution in [0.5, 0.6) is 0 Å². The van der Waals surface area contributed by atoms with E-state index in [0.29, 0.717) is 15.8 Å². The smallest absolute Gasteiger partial charge is 0.175 e. The Balaban J connectivity index is 2.17. The van der Waals surface area contributed by atoms with Crippen LogP contribution in [0.2, 0.25) is 0 Å². The van der Waals surface area contributed by atoms with Crippen LogP contribution < -0.4 is 4.90 Å². The molecular weight excluding hydrogens is 326 g/mol. The lowest BCUT2D eigenvalue weighted by Crippen LogP contribution is -2.40. The van der Waals surface area contributed by atoms with Gasteiger partial charge >= 0.3 is 0 Å². The minimum atomic E-state index is -3.11. The molecule has 2 atom stereocenters. The number of halogens is 1. The fourth-order valence-corrected chi connectivity index (χ4v) is 4.20. The fourth-order valence-electron chi connectivity index (χ4n) is 2.62. The molecule has 0 bridgehead atoms. The second-order valence-corrected chi connectivity index (χ2v) is 8.44. The fraction of sp³-hybridized carbons (Fsp3) is 0.571. The van der Waals surface area contributed by atoms with E-state index in [0.717, 1.165) is 5.69 Å². The van der Waals surface area contributed by atoms with Crippen LogP contribution in [0.15, 0.2) is 29.2 Å². The minimum absolute atomic E-state index is 0.378. The van der Waals surface area contributed by atoms with Crippen LogP contribution >= 0.6 is 15.9 Å². The maximum atomic E-state index is 11.4. The summed E-state index contributed by atoms with van der Waals surface area (Å²) in [5.41, 5.74) is 1.07. The molecular formula is C14H20BrNO2S. The highest BCUT2D eigenvalue weighted by Gasteiger charge is 2.26. The van der Waals surface area contributed by atoms with Crippen molar-refractivity contribution in [2.45, 2.75) is 41.4 Å². The van der Waals surface area contributed by atoms with Gasteiger partial charge in [0, 0.05) is 29.9 Å². The maximum Gasteiger partial charge on any atom is 0.175 e. The molecule has 0 aromatic heterocycles. The number of hydrogen-bond donors (Lipinski definition) is 0. The molecule has 1 saturated carbocycles. The molecule has 0 radical (unpaired) electrons. The summed E-state index contributed by atoms with van der Waals surface area (Å²) in [4.78, 5) is 3.15. The first-order chi connectivity index (χ1) is 8.89. The van der Waals surface area contributed by atoms with E-state index >= 15 is 0 Å². The highest BCUT2D eigenvalue weighted by atomic mass is 79.9. The number of anilines is 1. The van der Waals surface area contributed by atoms with Gasteiger partial charge in [0.25, 0.3) is 0 Å². The van der Waals surface area contributed by atoms with Gasteiger partial charge in [0.05, 0.1) is 4.90 Å². The Morgan fingerprint density at radius 1 is 1.16 bits per heavy atom. The molecule has 0 aliphatic heterocycles. The summed E-state index contributed by atoms with van der Waals surface area (Å²) < 4.78 is 22.9. The second kappa shape index (κ2) is 5.83. The molecule has 19 heavy (non-hydrogen) atoms. The van der Waals surface area contributed by atoms with Crippen molar-refractivity contribution in [1.29, 1.82) is 0 Å². The van der Waals surface area contributed by atoms with Crippen LogP contribution in [-0.4, -0.2) is 32.6 Å². The molecule has 3 nitrogen and oxygen atoms in total. The van der Waals surface area contributed by atoms with E-state index in [1.807, 2.05) is 12.1 Å². The van der Waals surface area contributed by atoms with E-state index < -0.39 is 9.84 Å². The summed E-state index contributed by atoms with van der Waals surface area (Å²) in [5, 5.41) is 0. The first-order valence-electron chi connectivity index (χ1n) is 6.56. The van der Waals surface area contributed by atoms with Crippen molar-refractivity contribution in [3.63, 3.8) is 0 Å². The first kappa shape index (κ1) is 14.9. The molecule has 0 spiro atoms. The van der Waals surface area contributed by atoms with Crippen molar-refractivity contribution >= 4 is 31.5 Å². The first-order valence-corrected chi connectivity index (χ1v) is 9.37. The summed E-state index contributed by atoms with van der Waals surface area (Å²) in [6, 6.07) is 7.65. The summed E-state index contributed by atoms with van der Waals surface area (Å²) in [5.74, 6) is 0. The SMILES string of the molecule is CN(c1ccc(S(C)(=O)=O)cc1)C1CCCCC1Br. The lowest BCUT2D eigenvalue weighted by atomic mass is 9.94. The van der Waals surface area contributed by atoms with Gasteiger partial charge in [0.2, 0.25) is 0 Å². The summed E-state index contributed by atoms with van der Waals surface area (Å²) in [6.45, 7) is 0. The zero-order chi connectivity index (χ0) is 14.0. The Kier molecular flexibility index (Phi) is 4.56. The van der Waals surface area contributed by atoms with Gasteiger partial charge in [-0.2, -0.15) is 0 Å². The summed E-state index contributed by atoms with van der Waals surface area (Å²) in [7, 11) is -1.03. The number of hydrogen-bond acceptors (Lipinski definition) is 3. The zero-order valence-electron chi connectivity index (χ0n) is 11.3. The van der Waals surface area contributed by atoms with E-state index in [-0.39, 0.29) is 0 Å². The van der Waals surface area contributed by atoms with E-state index in [1.165, 1.54) is 31.9 Å². The molecule has 2 rings (SSSR count). The minimum Gasteiger partial charge on any atom is -0.370 e. The van der Waals surface area contributed by atoms with Crippen LogP contribution in [0, 0.1) is 0 Å². The molecule has 1 aliphatic carbocycles. The van der Waals surface area contributed by atoms with Crippen molar-refractivity contribution in [3.05, 3.63) is 24.3 Å². The van der Waals surface area contributed by atoms with E-state index in [2.05, 4.69) is 27.9 Å². The average molecular weight is 346 g/mol. The quantitative estimate of drug-likeness (QED) is 0.789. The second-order valence-electron chi connectivity index (χ2n) is 5.24. The number of rotatable bonds is 3. The van der Waals surface area contributed by atoms with Gasteiger partial charge in [-0.3, -0.25) is 0 Å². The van der Waals surface area contributed by atoms with Crippen molar-refractivity contribution in [2.24, 2.45) is 0 Å². The Bertz CT molecular complexity index is 527. The summed E-state index contributed by atoms with van der Waals surface area (Å²) >= 11 is 3.76. The number of alkyl halides is 1. The van der Waals surface area contributed by atoms with Crippen LogP contribution in [0.1, 0.15) is 25.7 Å². The van der Waals surface area contributed by atoms with Crippen LogP contribution in [0.3, 0.4) is 0 Å². The Morgan fingerprint density at radius 3 is 2.26 bits per heavy atom. The molecule has 1 aliphatic rings. The zero-order valence-corrected chi connectivity index (χ0v) is 13.7. The van der Waals surface area contributed by atoms with Crippen LogP contribution in [0.4, 0.5) is 5.69 Å². The van der Waals surface area contributed by atoms with E-state index in [1.54, 1.807) is 12.1 Å². The topological polar surface area (TPSA) is 37.4 Å². The number of nitrogens with zero attached hydrogens (tertiary/aromatic N) is 1. The predicted molar refractivity (Wildman–Crippen MR) is 82.9 cm³/mol. The monoisotopic (exact) mass is 345 g/mol. The van der Waals surface area contributed by atoms with Gasteiger partial charge in [0.15, 0.2) is 9.84 Å². The molecule has 1 aromatic carbocycles. The highest BCUT2D eigenvalue weighted by molar-refractivity contribution is 9.09. The molecule has 2 unspecified atom stereocenters. The van der Waals surface area contributed by atoms with Crippen molar-refractivity contribution in [1.82, 2.24) is 0 Å². The molecule has 1 aromatic rings. The average Bonchev–Trinajstić information content (AvgIpc) is 2.38. The van der Waals surface area contributed by atoms with Gasteiger partial charge in [-0.25, -0.2) is 8.42 Å². The third kappa shape index (κ3) is 3.51. The summed E-state index contributed by atoms with van der Waals surface area (Å²) in [6.07, 6.45) is 6.17. The van der Waals surface area contributed by atoms with Gasteiger partial charge in [0.1, 0.15) is 0 Å². The van der Waals surface area contributed by atoms with Crippen molar-refractivity contribution in [3.8, 4) is 0 Å². The van der Waals surface area contributed by atoms with Crippen molar-refractivity contribution in [2.75, 3.05) is 18.2 Å². The predicted octanol–water partition coefficient (Wildman–Crippen LogP) is 3.23. The van der Waals surface area contributed by atoms with Gasteiger partial charge < -0.3 is 4.90 Å². The van der Waals surface area contributed by atoms with Gasteiger partial charge in [-0.1, -0.05) is 28.8 Å². The van der Waals surface area contributed by atoms with Gasteiger partial charge in [-0.15, -0.1) is 0 Å². The Labute approximate surface area is 124 Å². The van der Waals surface area contributed by atoms with E-state index in [9.17, 15) is 8.42 Å². The Morgan fingerprint density at radius 2 is 1.74 bits per heavy atom. The molecule has 106 valence electrons.